The van der Waals surface area contributed by atoms with Crippen LogP contribution in [0, 0.1) is 11.7 Å². The van der Waals surface area contributed by atoms with Gasteiger partial charge in [-0.3, -0.25) is 4.79 Å². The molecule has 4 N–H and O–H groups in total. The van der Waals surface area contributed by atoms with Gasteiger partial charge in [0.05, 0.1) is 29.6 Å². The normalized spacial score (nSPS) is 20.8. The molecule has 1 amide bonds. The number of anilines is 1. The fourth-order valence-electron chi connectivity index (χ4n) is 5.10. The smallest absolute Gasteiger partial charge is 0.235 e. The van der Waals surface area contributed by atoms with Gasteiger partial charge in [-0.15, -0.1) is 11.8 Å². The number of pyridine rings is 2. The van der Waals surface area contributed by atoms with Gasteiger partial charge in [0.15, 0.2) is 0 Å². The molecule has 7 nitrogen and oxygen atoms in total. The number of benzene rings is 1. The Hall–Kier alpha value is -2.75. The average molecular weight is 496 g/mol. The lowest BCUT2D eigenvalue weighted by molar-refractivity contribution is -0.113. The third-order valence-corrected chi connectivity index (χ3v) is 8.11. The third-order valence-electron chi connectivity index (χ3n) is 7.06. The summed E-state index contributed by atoms with van der Waals surface area (Å²) in [5, 5.41) is 7.22. The number of hydrogen-bond donors (Lipinski definition) is 3. The van der Waals surface area contributed by atoms with Crippen LogP contribution in [0.15, 0.2) is 41.4 Å². The van der Waals surface area contributed by atoms with E-state index in [-0.39, 0.29) is 17.8 Å². The minimum atomic E-state index is -0.316. The molecule has 35 heavy (non-hydrogen) atoms. The Balaban J connectivity index is 1.17. The first-order valence-electron chi connectivity index (χ1n) is 12.0. The zero-order valence-electron chi connectivity index (χ0n) is 19.7. The van der Waals surface area contributed by atoms with Gasteiger partial charge in [0.25, 0.3) is 0 Å². The van der Waals surface area contributed by atoms with E-state index < -0.39 is 0 Å². The molecule has 1 atom stereocenters. The Kier molecular flexibility index (Phi) is 7.17. The van der Waals surface area contributed by atoms with Crippen molar-refractivity contribution in [2.75, 3.05) is 18.2 Å². The molecule has 1 aliphatic carbocycles. The van der Waals surface area contributed by atoms with Gasteiger partial charge in [-0.05, 0) is 56.2 Å². The number of nitrogens with one attached hydrogen (secondary N) is 2. The van der Waals surface area contributed by atoms with E-state index in [4.69, 9.17) is 10.5 Å². The summed E-state index contributed by atoms with van der Waals surface area (Å²) < 4.78 is 20.1. The maximum atomic E-state index is 14.7. The molecule has 1 aliphatic heterocycles. The van der Waals surface area contributed by atoms with Crippen LogP contribution in [0.4, 0.5) is 10.2 Å². The van der Waals surface area contributed by atoms with Crippen LogP contribution in [0.2, 0.25) is 0 Å². The Morgan fingerprint density at radius 2 is 2.09 bits per heavy atom. The number of ether oxygens (including phenoxy) is 1. The Bertz CT molecular complexity index is 1230. The summed E-state index contributed by atoms with van der Waals surface area (Å²) in [6.07, 6.45) is 5.77. The molecule has 1 aromatic carbocycles. The van der Waals surface area contributed by atoms with Gasteiger partial charge in [0.2, 0.25) is 5.91 Å². The molecule has 3 heterocycles. The van der Waals surface area contributed by atoms with Gasteiger partial charge in [0.1, 0.15) is 22.9 Å². The van der Waals surface area contributed by atoms with Gasteiger partial charge >= 0.3 is 0 Å². The summed E-state index contributed by atoms with van der Waals surface area (Å²) in [7, 11) is 1.59. The highest BCUT2D eigenvalue weighted by Gasteiger charge is 2.27. The van der Waals surface area contributed by atoms with Gasteiger partial charge in [-0.25, -0.2) is 14.4 Å². The van der Waals surface area contributed by atoms with Crippen molar-refractivity contribution in [1.29, 1.82) is 0 Å². The molecule has 0 bridgehead atoms. The fourth-order valence-corrected chi connectivity index (χ4v) is 5.86. The van der Waals surface area contributed by atoms with Crippen molar-refractivity contribution in [3.8, 4) is 5.75 Å². The van der Waals surface area contributed by atoms with E-state index in [2.05, 4.69) is 20.6 Å². The Morgan fingerprint density at radius 1 is 1.26 bits per heavy atom. The average Bonchev–Trinajstić information content (AvgIpc) is 2.88. The summed E-state index contributed by atoms with van der Waals surface area (Å²) in [4.78, 5) is 21.5. The molecule has 1 unspecified atom stereocenters. The van der Waals surface area contributed by atoms with E-state index >= 15 is 0 Å². The second-order valence-electron chi connectivity index (χ2n) is 9.29. The van der Waals surface area contributed by atoms with Crippen molar-refractivity contribution in [2.45, 2.75) is 55.6 Å². The number of nitrogens with zero attached hydrogens (tertiary/aromatic N) is 2. The van der Waals surface area contributed by atoms with Crippen LogP contribution in [0.3, 0.4) is 0 Å². The lowest BCUT2D eigenvalue weighted by Gasteiger charge is -2.33. The number of thioether (sulfide) groups is 1. The largest absolute Gasteiger partial charge is 0.494 e. The summed E-state index contributed by atoms with van der Waals surface area (Å²) in [5.74, 6) is 1.76. The molecule has 0 saturated heterocycles. The summed E-state index contributed by atoms with van der Waals surface area (Å²) >= 11 is 1.52. The van der Waals surface area contributed by atoms with Gasteiger partial charge in [-0.2, -0.15) is 0 Å². The van der Waals surface area contributed by atoms with Gasteiger partial charge < -0.3 is 21.1 Å². The number of para-hydroxylation sites is 1. The van der Waals surface area contributed by atoms with E-state index in [1.807, 2.05) is 30.3 Å². The van der Waals surface area contributed by atoms with Gasteiger partial charge in [0, 0.05) is 29.6 Å². The molecular formula is C26H30FN5O2S. The molecule has 5 rings (SSSR count). The second-order valence-corrected chi connectivity index (χ2v) is 10.3. The minimum Gasteiger partial charge on any atom is -0.494 e. The topological polar surface area (TPSA) is 102 Å². The number of nitrogens with two attached hydrogens (primary N) is 1. The van der Waals surface area contributed by atoms with Crippen molar-refractivity contribution >= 4 is 34.4 Å². The molecule has 1 fully saturated rings. The molecule has 184 valence electrons. The monoisotopic (exact) mass is 495 g/mol. The number of aromatic nitrogens is 2. The van der Waals surface area contributed by atoms with Crippen molar-refractivity contribution in [3.63, 3.8) is 0 Å². The lowest BCUT2D eigenvalue weighted by Crippen LogP contribution is -2.39. The number of rotatable bonds is 7. The fraction of sp³-hybridized carbons (Fsp3) is 0.423. The van der Waals surface area contributed by atoms with Crippen molar-refractivity contribution < 1.29 is 13.9 Å². The zero-order chi connectivity index (χ0) is 24.4. The lowest BCUT2D eigenvalue weighted by atomic mass is 9.79. The number of amides is 1. The number of carbonyl (C=O) groups excluding carboxylic acids is 1. The number of fused-ring (bicyclic) bond motifs is 2. The number of carbonyl (C=O) groups is 1. The maximum Gasteiger partial charge on any atom is 0.235 e. The van der Waals surface area contributed by atoms with Crippen molar-refractivity contribution in [3.05, 3.63) is 53.6 Å². The minimum absolute atomic E-state index is 0.00597. The molecular weight excluding hydrogens is 465 g/mol. The molecule has 9 heteroatoms. The number of hydrogen-bond acceptors (Lipinski definition) is 7. The summed E-state index contributed by atoms with van der Waals surface area (Å²) in [6.45, 7) is 0.658. The zero-order valence-corrected chi connectivity index (χ0v) is 20.5. The van der Waals surface area contributed by atoms with Crippen LogP contribution < -0.4 is 21.1 Å². The predicted octanol–water partition coefficient (Wildman–Crippen LogP) is 4.04. The maximum absolute atomic E-state index is 14.7. The van der Waals surface area contributed by atoms with Crippen LogP contribution >= 0.6 is 11.8 Å². The van der Waals surface area contributed by atoms with Gasteiger partial charge in [-0.1, -0.05) is 12.1 Å². The third kappa shape index (κ3) is 5.27. The summed E-state index contributed by atoms with van der Waals surface area (Å²) in [6, 6.07) is 9.89. The van der Waals surface area contributed by atoms with Crippen LogP contribution in [-0.4, -0.2) is 40.8 Å². The van der Waals surface area contributed by atoms with E-state index in [1.165, 1.54) is 18.0 Å². The molecule has 1 saturated carbocycles. The Morgan fingerprint density at radius 3 is 2.89 bits per heavy atom. The molecule has 0 radical (unpaired) electrons. The van der Waals surface area contributed by atoms with Crippen LogP contribution in [0.1, 0.15) is 36.9 Å². The first kappa shape index (κ1) is 24.0. The van der Waals surface area contributed by atoms with Crippen molar-refractivity contribution in [1.82, 2.24) is 15.3 Å². The highest BCUT2D eigenvalue weighted by atomic mass is 32.2. The van der Waals surface area contributed by atoms with Crippen molar-refractivity contribution in [2.24, 2.45) is 11.7 Å². The SMILES string of the molecule is COc1cccc2c(CC(N)C3CCC(NCc4ccc5c(n4)NC(=O)CS5)CC3)c(F)cnc12. The molecule has 2 aromatic heterocycles. The van der Waals surface area contributed by atoms with Crippen LogP contribution in [0.25, 0.3) is 10.9 Å². The highest BCUT2D eigenvalue weighted by molar-refractivity contribution is 8.00. The first-order valence-corrected chi connectivity index (χ1v) is 13.0. The van der Waals surface area contributed by atoms with Crippen LogP contribution in [0.5, 0.6) is 5.75 Å². The molecule has 2 aliphatic rings. The second kappa shape index (κ2) is 10.5. The van der Waals surface area contributed by atoms with E-state index in [0.717, 1.165) is 41.7 Å². The Labute approximate surface area is 208 Å². The molecule has 0 spiro atoms. The quantitative estimate of drug-likeness (QED) is 0.455. The summed E-state index contributed by atoms with van der Waals surface area (Å²) in [5.41, 5.74) is 8.81. The molecule has 3 aromatic rings. The highest BCUT2D eigenvalue weighted by Crippen LogP contribution is 2.32. The van der Waals surface area contributed by atoms with E-state index in [1.54, 1.807) is 7.11 Å². The van der Waals surface area contributed by atoms with E-state index in [9.17, 15) is 9.18 Å². The predicted molar refractivity (Wildman–Crippen MR) is 136 cm³/mol. The first-order chi connectivity index (χ1) is 17.0. The van der Waals surface area contributed by atoms with Crippen LogP contribution in [-0.2, 0) is 17.8 Å². The van der Waals surface area contributed by atoms with E-state index in [0.29, 0.717) is 53.3 Å². The standard InChI is InChI=1S/C26H30FN5O2S/c1-34-22-4-2-3-18-19(20(27)13-30-25(18)22)11-21(28)15-5-7-16(8-6-15)29-12-17-9-10-23-26(31-17)32-24(33)14-35-23/h2-4,9-10,13,15-16,21,29H,5-8,11-12,14,28H2,1H3,(H,31,32,33). The number of halogens is 1. The number of methoxy groups -OCH3 is 1.